The number of nitrogens with one attached hydrogen (secondary N) is 2. The molecule has 1 heterocycles. The van der Waals surface area contributed by atoms with Crippen LogP contribution in [0.25, 0.3) is 0 Å². The van der Waals surface area contributed by atoms with Gasteiger partial charge >= 0.3 is 0 Å². The quantitative estimate of drug-likeness (QED) is 0.657. The monoisotopic (exact) mass is 242 g/mol. The second-order valence-corrected chi connectivity index (χ2v) is 5.96. The van der Waals surface area contributed by atoms with Crippen molar-refractivity contribution in [3.63, 3.8) is 0 Å². The summed E-state index contributed by atoms with van der Waals surface area (Å²) in [7, 11) is 0. The van der Waals surface area contributed by atoms with E-state index in [-0.39, 0.29) is 11.5 Å². The van der Waals surface area contributed by atoms with Gasteiger partial charge in [-0.15, -0.1) is 0 Å². The lowest BCUT2D eigenvalue weighted by molar-refractivity contribution is -0.114. The molecule has 1 saturated carbocycles. The van der Waals surface area contributed by atoms with Gasteiger partial charge in [0.2, 0.25) is 0 Å². The maximum atomic E-state index is 9.44. The predicted molar refractivity (Wildman–Crippen MR) is 68.0 cm³/mol. The topological polar surface area (TPSA) is 53.5 Å². The van der Waals surface area contributed by atoms with Crippen molar-refractivity contribution < 1.29 is 9.84 Å². The fourth-order valence-corrected chi connectivity index (χ4v) is 2.95. The molecule has 2 rings (SSSR count). The number of ether oxygens (including phenoxy) is 1. The highest BCUT2D eigenvalue weighted by Gasteiger charge is 2.48. The molecule has 2 fully saturated rings. The van der Waals surface area contributed by atoms with E-state index < -0.39 is 0 Å². The van der Waals surface area contributed by atoms with Crippen LogP contribution in [0.15, 0.2) is 0 Å². The Morgan fingerprint density at radius 1 is 1.41 bits per heavy atom. The molecule has 1 aliphatic heterocycles. The van der Waals surface area contributed by atoms with Crippen molar-refractivity contribution in [3.05, 3.63) is 0 Å². The van der Waals surface area contributed by atoms with Gasteiger partial charge in [0.05, 0.1) is 12.2 Å². The molecule has 0 bridgehead atoms. The zero-order chi connectivity index (χ0) is 12.5. The molecule has 1 saturated heterocycles. The van der Waals surface area contributed by atoms with Crippen molar-refractivity contribution >= 4 is 0 Å². The van der Waals surface area contributed by atoms with Crippen LogP contribution >= 0.6 is 0 Å². The third kappa shape index (κ3) is 2.81. The molecule has 0 radical (unpaired) electrons. The molecule has 100 valence electrons. The molecular formula is C13H26N2O2. The molecule has 0 aromatic carbocycles. The standard InChI is InChI=1S/C13H26N2O2/c1-4-17-12-6-11(13(12,2)3)15-7-9-5-10(16)8-14-9/h9-12,14-16H,4-8H2,1-3H3. The minimum Gasteiger partial charge on any atom is -0.392 e. The van der Waals surface area contributed by atoms with E-state index in [1.54, 1.807) is 0 Å². The second kappa shape index (κ2) is 5.22. The van der Waals surface area contributed by atoms with Crippen LogP contribution in [0.3, 0.4) is 0 Å². The smallest absolute Gasteiger partial charge is 0.0680 e. The Bertz CT molecular complexity index is 258. The molecule has 0 aromatic heterocycles. The number of aliphatic hydroxyl groups is 1. The van der Waals surface area contributed by atoms with E-state index in [9.17, 15) is 5.11 Å². The van der Waals surface area contributed by atoms with Crippen LogP contribution in [-0.4, -0.2) is 49.1 Å². The molecule has 4 heteroatoms. The zero-order valence-corrected chi connectivity index (χ0v) is 11.2. The first kappa shape index (κ1) is 13.3. The lowest BCUT2D eigenvalue weighted by atomic mass is 9.64. The summed E-state index contributed by atoms with van der Waals surface area (Å²) in [5, 5.41) is 16.4. The number of aliphatic hydroxyl groups excluding tert-OH is 1. The molecule has 17 heavy (non-hydrogen) atoms. The average molecular weight is 242 g/mol. The molecule has 0 aromatic rings. The van der Waals surface area contributed by atoms with Crippen LogP contribution in [0.2, 0.25) is 0 Å². The summed E-state index contributed by atoms with van der Waals surface area (Å²) >= 11 is 0. The van der Waals surface area contributed by atoms with E-state index in [0.29, 0.717) is 18.2 Å². The van der Waals surface area contributed by atoms with E-state index >= 15 is 0 Å². The molecule has 1 aliphatic carbocycles. The lowest BCUT2D eigenvalue weighted by Gasteiger charge is -2.52. The lowest BCUT2D eigenvalue weighted by Crippen LogP contribution is -2.62. The van der Waals surface area contributed by atoms with E-state index in [0.717, 1.165) is 32.5 Å². The summed E-state index contributed by atoms with van der Waals surface area (Å²) in [4.78, 5) is 0. The highest BCUT2D eigenvalue weighted by molar-refractivity contribution is 5.03. The number of hydrogen-bond donors (Lipinski definition) is 3. The van der Waals surface area contributed by atoms with Gasteiger partial charge in [0, 0.05) is 37.2 Å². The van der Waals surface area contributed by atoms with Gasteiger partial charge in [-0.3, -0.25) is 0 Å². The SMILES string of the molecule is CCOC1CC(NCC2CC(O)CN2)C1(C)C. The van der Waals surface area contributed by atoms with Gasteiger partial charge in [-0.2, -0.15) is 0 Å². The minimum absolute atomic E-state index is 0.160. The zero-order valence-electron chi connectivity index (χ0n) is 11.2. The van der Waals surface area contributed by atoms with Crippen molar-refractivity contribution in [2.45, 2.75) is 57.9 Å². The molecule has 4 atom stereocenters. The van der Waals surface area contributed by atoms with Gasteiger partial charge in [-0.1, -0.05) is 13.8 Å². The Labute approximate surface area is 104 Å². The Hall–Kier alpha value is -0.160. The third-order valence-electron chi connectivity index (χ3n) is 4.35. The van der Waals surface area contributed by atoms with Crippen LogP contribution in [0.5, 0.6) is 0 Å². The van der Waals surface area contributed by atoms with Crippen molar-refractivity contribution in [2.24, 2.45) is 5.41 Å². The van der Waals surface area contributed by atoms with Crippen LogP contribution < -0.4 is 10.6 Å². The fraction of sp³-hybridized carbons (Fsp3) is 1.00. The van der Waals surface area contributed by atoms with Crippen LogP contribution in [0, 0.1) is 5.41 Å². The van der Waals surface area contributed by atoms with Gasteiger partial charge < -0.3 is 20.5 Å². The summed E-state index contributed by atoms with van der Waals surface area (Å²) in [6.07, 6.45) is 2.21. The summed E-state index contributed by atoms with van der Waals surface area (Å²) < 4.78 is 5.72. The highest BCUT2D eigenvalue weighted by Crippen LogP contribution is 2.42. The largest absolute Gasteiger partial charge is 0.392 e. The Kier molecular flexibility index (Phi) is 4.08. The first-order chi connectivity index (χ1) is 8.04. The Morgan fingerprint density at radius 3 is 2.71 bits per heavy atom. The molecule has 0 spiro atoms. The van der Waals surface area contributed by atoms with Crippen molar-refractivity contribution in [2.75, 3.05) is 19.7 Å². The Morgan fingerprint density at radius 2 is 2.18 bits per heavy atom. The first-order valence-electron chi connectivity index (χ1n) is 6.80. The van der Waals surface area contributed by atoms with Gasteiger partial charge in [0.25, 0.3) is 0 Å². The van der Waals surface area contributed by atoms with Gasteiger partial charge in [-0.05, 0) is 19.8 Å². The molecule has 2 aliphatic rings. The number of β-amino-alcohol motifs (C(OH)–C–C–N with tert-alkyl or cyclic N) is 1. The van der Waals surface area contributed by atoms with Crippen LogP contribution in [-0.2, 0) is 4.74 Å². The maximum Gasteiger partial charge on any atom is 0.0680 e. The van der Waals surface area contributed by atoms with Gasteiger partial charge in [-0.25, -0.2) is 0 Å². The number of rotatable bonds is 5. The van der Waals surface area contributed by atoms with E-state index in [1.165, 1.54) is 0 Å². The summed E-state index contributed by atoms with van der Waals surface area (Å²) in [6, 6.07) is 0.963. The highest BCUT2D eigenvalue weighted by atomic mass is 16.5. The first-order valence-corrected chi connectivity index (χ1v) is 6.80. The van der Waals surface area contributed by atoms with E-state index in [4.69, 9.17) is 4.74 Å². The van der Waals surface area contributed by atoms with Crippen LogP contribution in [0.4, 0.5) is 0 Å². The maximum absolute atomic E-state index is 9.44. The minimum atomic E-state index is -0.160. The third-order valence-corrected chi connectivity index (χ3v) is 4.35. The van der Waals surface area contributed by atoms with E-state index in [1.807, 2.05) is 0 Å². The fourth-order valence-electron chi connectivity index (χ4n) is 2.95. The normalized spacial score (nSPS) is 40.2. The predicted octanol–water partition coefficient (Wildman–Crippen LogP) is 0.502. The van der Waals surface area contributed by atoms with Crippen molar-refractivity contribution in [3.8, 4) is 0 Å². The molecular weight excluding hydrogens is 216 g/mol. The Balaban J connectivity index is 1.71. The van der Waals surface area contributed by atoms with E-state index in [2.05, 4.69) is 31.4 Å². The average Bonchev–Trinajstić information content (AvgIpc) is 2.68. The second-order valence-electron chi connectivity index (χ2n) is 5.96. The molecule has 4 unspecified atom stereocenters. The van der Waals surface area contributed by atoms with Gasteiger partial charge in [0.15, 0.2) is 0 Å². The molecule has 4 nitrogen and oxygen atoms in total. The summed E-state index contributed by atoms with van der Waals surface area (Å²) in [5.74, 6) is 0. The van der Waals surface area contributed by atoms with Gasteiger partial charge in [0.1, 0.15) is 0 Å². The molecule has 3 N–H and O–H groups in total. The summed E-state index contributed by atoms with van der Waals surface area (Å²) in [6.45, 7) is 9.08. The van der Waals surface area contributed by atoms with Crippen molar-refractivity contribution in [1.29, 1.82) is 0 Å². The molecule has 0 amide bonds. The van der Waals surface area contributed by atoms with Crippen molar-refractivity contribution in [1.82, 2.24) is 10.6 Å². The summed E-state index contributed by atoms with van der Waals surface area (Å²) in [5.41, 5.74) is 0.229. The van der Waals surface area contributed by atoms with Crippen LogP contribution in [0.1, 0.15) is 33.6 Å². The number of hydrogen-bond acceptors (Lipinski definition) is 4.